The summed E-state index contributed by atoms with van der Waals surface area (Å²) in [4.78, 5) is 11.6. The third-order valence-corrected chi connectivity index (χ3v) is 3.25. The minimum atomic E-state index is -0.0450. The Bertz CT molecular complexity index is 402. The molecule has 0 aliphatic heterocycles. The molecule has 0 radical (unpaired) electrons. The van der Waals surface area contributed by atoms with E-state index >= 15 is 0 Å². The van der Waals surface area contributed by atoms with Gasteiger partial charge in [0.2, 0.25) is 0 Å². The maximum Gasteiger partial charge on any atom is 0.257 e. The highest BCUT2D eigenvalue weighted by Crippen LogP contribution is 2.19. The lowest BCUT2D eigenvalue weighted by Crippen LogP contribution is -2.29. The van der Waals surface area contributed by atoms with Gasteiger partial charge in [0.25, 0.3) is 5.91 Å². The van der Waals surface area contributed by atoms with Crippen molar-refractivity contribution in [2.24, 2.45) is 0 Å². The summed E-state index contributed by atoms with van der Waals surface area (Å²) in [5.41, 5.74) is 1.22. The molecule has 0 aliphatic rings. The second kappa shape index (κ2) is 9.40. The summed E-state index contributed by atoms with van der Waals surface area (Å²) in [6.07, 6.45) is 4.66. The summed E-state index contributed by atoms with van der Waals surface area (Å²) in [5.74, 6) is 1.18. The minimum Gasteiger partial charge on any atom is -0.484 e. The molecule has 20 heavy (non-hydrogen) atoms. The average molecular weight is 277 g/mol. The van der Waals surface area contributed by atoms with Crippen molar-refractivity contribution in [3.63, 3.8) is 0 Å². The van der Waals surface area contributed by atoms with Crippen LogP contribution in [-0.4, -0.2) is 19.1 Å². The Labute approximate surface area is 122 Å². The lowest BCUT2D eigenvalue weighted by Gasteiger charge is -2.10. The molecule has 1 aromatic rings. The van der Waals surface area contributed by atoms with Crippen LogP contribution in [0.15, 0.2) is 24.3 Å². The number of unbranched alkanes of at least 4 members (excludes halogenated alkanes) is 3. The molecule has 0 saturated carbocycles. The van der Waals surface area contributed by atoms with Gasteiger partial charge in [-0.1, -0.05) is 52.2 Å². The molecule has 1 rings (SSSR count). The summed E-state index contributed by atoms with van der Waals surface area (Å²) in [5, 5.41) is 2.89. The fourth-order valence-corrected chi connectivity index (χ4v) is 1.94. The molecular formula is C17H27NO2. The van der Waals surface area contributed by atoms with Gasteiger partial charge in [-0.3, -0.25) is 4.79 Å². The van der Waals surface area contributed by atoms with E-state index < -0.39 is 0 Å². The lowest BCUT2D eigenvalue weighted by molar-refractivity contribution is -0.123. The van der Waals surface area contributed by atoms with E-state index in [-0.39, 0.29) is 12.5 Å². The Kier molecular flexibility index (Phi) is 7.78. The van der Waals surface area contributed by atoms with Gasteiger partial charge in [0.05, 0.1) is 0 Å². The van der Waals surface area contributed by atoms with E-state index in [2.05, 4.69) is 32.2 Å². The molecule has 1 N–H and O–H groups in total. The molecular weight excluding hydrogens is 250 g/mol. The maximum absolute atomic E-state index is 11.6. The van der Waals surface area contributed by atoms with E-state index in [0.717, 1.165) is 18.7 Å². The monoisotopic (exact) mass is 277 g/mol. The van der Waals surface area contributed by atoms with Crippen LogP contribution in [0.4, 0.5) is 0 Å². The van der Waals surface area contributed by atoms with Crippen LogP contribution in [0.1, 0.15) is 57.9 Å². The fourth-order valence-electron chi connectivity index (χ4n) is 1.94. The number of nitrogens with one attached hydrogen (secondary N) is 1. The van der Waals surface area contributed by atoms with Crippen molar-refractivity contribution >= 4 is 5.91 Å². The summed E-state index contributed by atoms with van der Waals surface area (Å²) in [6.45, 7) is 7.30. The molecule has 0 aromatic heterocycles. The SMILES string of the molecule is CCCCCCNC(=O)COc1cccc(C(C)C)c1. The smallest absolute Gasteiger partial charge is 0.257 e. The van der Waals surface area contributed by atoms with Gasteiger partial charge in [-0.05, 0) is 30.0 Å². The zero-order chi connectivity index (χ0) is 14.8. The molecule has 0 unspecified atom stereocenters. The zero-order valence-electron chi connectivity index (χ0n) is 12.9. The summed E-state index contributed by atoms with van der Waals surface area (Å²) in [7, 11) is 0. The number of hydrogen-bond donors (Lipinski definition) is 1. The summed E-state index contributed by atoms with van der Waals surface area (Å²) >= 11 is 0. The van der Waals surface area contributed by atoms with E-state index in [4.69, 9.17) is 4.74 Å². The van der Waals surface area contributed by atoms with Crippen LogP contribution in [0, 0.1) is 0 Å². The average Bonchev–Trinajstić information content (AvgIpc) is 2.45. The van der Waals surface area contributed by atoms with Gasteiger partial charge in [-0.15, -0.1) is 0 Å². The van der Waals surface area contributed by atoms with Gasteiger partial charge in [-0.25, -0.2) is 0 Å². The first-order chi connectivity index (χ1) is 9.63. The minimum absolute atomic E-state index is 0.0450. The van der Waals surface area contributed by atoms with Crippen LogP contribution < -0.4 is 10.1 Å². The van der Waals surface area contributed by atoms with Crippen LogP contribution >= 0.6 is 0 Å². The van der Waals surface area contributed by atoms with Crippen molar-refractivity contribution in [2.75, 3.05) is 13.2 Å². The van der Waals surface area contributed by atoms with Crippen molar-refractivity contribution in [1.82, 2.24) is 5.32 Å². The van der Waals surface area contributed by atoms with Crippen molar-refractivity contribution < 1.29 is 9.53 Å². The molecule has 0 aliphatic carbocycles. The Morgan fingerprint density at radius 1 is 1.25 bits per heavy atom. The molecule has 3 heteroatoms. The molecule has 0 atom stereocenters. The number of carbonyl (C=O) groups excluding carboxylic acids is 1. The molecule has 3 nitrogen and oxygen atoms in total. The molecule has 1 amide bonds. The Hall–Kier alpha value is -1.51. The first kappa shape index (κ1) is 16.5. The molecule has 0 saturated heterocycles. The Morgan fingerprint density at radius 2 is 2.05 bits per heavy atom. The highest BCUT2D eigenvalue weighted by atomic mass is 16.5. The number of hydrogen-bond acceptors (Lipinski definition) is 2. The van der Waals surface area contributed by atoms with Gasteiger partial charge in [0, 0.05) is 6.54 Å². The highest BCUT2D eigenvalue weighted by Gasteiger charge is 2.04. The van der Waals surface area contributed by atoms with Crippen LogP contribution in [0.5, 0.6) is 5.75 Å². The summed E-state index contributed by atoms with van der Waals surface area (Å²) in [6, 6.07) is 7.93. The zero-order valence-corrected chi connectivity index (χ0v) is 12.9. The highest BCUT2D eigenvalue weighted by molar-refractivity contribution is 5.77. The standard InChI is InChI=1S/C17H27NO2/c1-4-5-6-7-11-18-17(19)13-20-16-10-8-9-15(12-16)14(2)3/h8-10,12,14H,4-7,11,13H2,1-3H3,(H,18,19). The molecule has 0 fully saturated rings. The predicted octanol–water partition coefficient (Wildman–Crippen LogP) is 3.89. The second-order valence-electron chi connectivity index (χ2n) is 5.43. The molecule has 0 spiro atoms. The van der Waals surface area contributed by atoms with Gasteiger partial charge in [0.15, 0.2) is 6.61 Å². The van der Waals surface area contributed by atoms with Gasteiger partial charge in [-0.2, -0.15) is 0 Å². The first-order valence-corrected chi connectivity index (χ1v) is 7.63. The van der Waals surface area contributed by atoms with Gasteiger partial charge < -0.3 is 10.1 Å². The number of carbonyl (C=O) groups is 1. The fraction of sp³-hybridized carbons (Fsp3) is 0.588. The van der Waals surface area contributed by atoms with Gasteiger partial charge >= 0.3 is 0 Å². The van der Waals surface area contributed by atoms with Gasteiger partial charge in [0.1, 0.15) is 5.75 Å². The number of ether oxygens (including phenoxy) is 1. The van der Waals surface area contributed by atoms with Crippen molar-refractivity contribution in [3.05, 3.63) is 29.8 Å². The quantitative estimate of drug-likeness (QED) is 0.695. The lowest BCUT2D eigenvalue weighted by atomic mass is 10.0. The van der Waals surface area contributed by atoms with E-state index in [1.54, 1.807) is 0 Å². The van der Waals surface area contributed by atoms with E-state index in [1.807, 2.05) is 18.2 Å². The third kappa shape index (κ3) is 6.60. The summed E-state index contributed by atoms with van der Waals surface area (Å²) < 4.78 is 5.52. The van der Waals surface area contributed by atoms with Crippen molar-refractivity contribution in [3.8, 4) is 5.75 Å². The van der Waals surface area contributed by atoms with Crippen LogP contribution in [0.25, 0.3) is 0 Å². The molecule has 1 aromatic carbocycles. The number of benzene rings is 1. The maximum atomic E-state index is 11.6. The molecule has 0 heterocycles. The Balaban J connectivity index is 2.25. The largest absolute Gasteiger partial charge is 0.484 e. The van der Waals surface area contributed by atoms with Crippen molar-refractivity contribution in [2.45, 2.75) is 52.4 Å². The number of amides is 1. The van der Waals surface area contributed by atoms with E-state index in [1.165, 1.54) is 24.8 Å². The normalized spacial score (nSPS) is 10.6. The van der Waals surface area contributed by atoms with Crippen LogP contribution in [0.2, 0.25) is 0 Å². The van der Waals surface area contributed by atoms with Crippen LogP contribution in [0.3, 0.4) is 0 Å². The predicted molar refractivity (Wildman–Crippen MR) is 83.2 cm³/mol. The Morgan fingerprint density at radius 3 is 2.75 bits per heavy atom. The number of rotatable bonds is 9. The third-order valence-electron chi connectivity index (χ3n) is 3.25. The van der Waals surface area contributed by atoms with Crippen molar-refractivity contribution in [1.29, 1.82) is 0 Å². The molecule has 0 bridgehead atoms. The topological polar surface area (TPSA) is 38.3 Å². The first-order valence-electron chi connectivity index (χ1n) is 7.63. The van der Waals surface area contributed by atoms with E-state index in [9.17, 15) is 4.79 Å². The van der Waals surface area contributed by atoms with E-state index in [0.29, 0.717) is 5.92 Å². The molecule has 112 valence electrons. The second-order valence-corrected chi connectivity index (χ2v) is 5.43. The van der Waals surface area contributed by atoms with Crippen LogP contribution in [-0.2, 0) is 4.79 Å².